The van der Waals surface area contributed by atoms with Gasteiger partial charge >= 0.3 is 5.84 Å². The SMILES string of the molecule is CC1=N[N+](=O)N=N1. The van der Waals surface area contributed by atoms with Gasteiger partial charge in [0.05, 0.1) is 5.11 Å². The Kier molecular flexibility index (Phi) is 0.680. The van der Waals surface area contributed by atoms with Crippen LogP contribution in [0.3, 0.4) is 0 Å². The molecule has 7 heavy (non-hydrogen) atoms. The topological polar surface area (TPSA) is 57.2 Å². The lowest BCUT2D eigenvalue weighted by atomic mass is 10.7. The van der Waals surface area contributed by atoms with Crippen LogP contribution in [-0.4, -0.2) is 10.8 Å². The minimum Gasteiger partial charge on any atom is -0.00899 e. The van der Waals surface area contributed by atoms with Crippen molar-refractivity contribution in [2.24, 2.45) is 15.4 Å². The predicted molar refractivity (Wildman–Crippen MR) is 21.6 cm³/mol. The average molecular weight is 99.1 g/mol. The first-order valence-corrected chi connectivity index (χ1v) is 1.73. The fraction of sp³-hybridized carbons (Fsp3) is 0.500. The second-order valence-corrected chi connectivity index (χ2v) is 1.09. The molecule has 0 bridgehead atoms. The molecule has 1 aliphatic heterocycles. The second-order valence-electron chi connectivity index (χ2n) is 1.09. The lowest BCUT2D eigenvalue weighted by Gasteiger charge is -1.55. The molecule has 0 spiro atoms. The molecule has 0 aromatic rings. The number of hydrogen-bond donors (Lipinski definition) is 0. The fourth-order valence-electron chi connectivity index (χ4n) is 0.267. The molecule has 0 atom stereocenters. The summed E-state index contributed by atoms with van der Waals surface area (Å²) in [5.74, 6) is 0.398. The van der Waals surface area contributed by atoms with E-state index < -0.39 is 0 Å². The summed E-state index contributed by atoms with van der Waals surface area (Å²) in [5.41, 5.74) is 0. The highest BCUT2D eigenvalue weighted by molar-refractivity contribution is 5.79. The monoisotopic (exact) mass is 99.0 g/mol. The summed E-state index contributed by atoms with van der Waals surface area (Å²) < 4.78 is 0. The zero-order chi connectivity index (χ0) is 5.28. The van der Waals surface area contributed by atoms with Crippen molar-refractivity contribution in [3.63, 3.8) is 0 Å². The summed E-state index contributed by atoms with van der Waals surface area (Å²) in [5, 5.41) is 9.57. The van der Waals surface area contributed by atoms with Crippen LogP contribution >= 0.6 is 0 Å². The minimum absolute atomic E-state index is 0.176. The maximum atomic E-state index is 9.92. The first kappa shape index (κ1) is 4.04. The van der Waals surface area contributed by atoms with Gasteiger partial charge in [-0.15, -0.1) is 0 Å². The van der Waals surface area contributed by atoms with Crippen molar-refractivity contribution in [1.29, 1.82) is 0 Å². The zero-order valence-electron chi connectivity index (χ0n) is 3.70. The third-order valence-corrected chi connectivity index (χ3v) is 0.496. The van der Waals surface area contributed by atoms with E-state index in [1.807, 2.05) is 0 Å². The maximum absolute atomic E-state index is 9.92. The van der Waals surface area contributed by atoms with Gasteiger partial charge in [-0.2, -0.15) is 0 Å². The quantitative estimate of drug-likeness (QED) is 0.407. The first-order chi connectivity index (χ1) is 3.29. The highest BCUT2D eigenvalue weighted by Gasteiger charge is 2.12. The molecule has 0 amide bonds. The first-order valence-electron chi connectivity index (χ1n) is 1.73. The molecule has 1 rings (SSSR count). The normalized spacial score (nSPS) is 17.9. The molecule has 0 N–H and O–H groups in total. The van der Waals surface area contributed by atoms with Crippen LogP contribution in [-0.2, 0) is 0 Å². The van der Waals surface area contributed by atoms with Crippen LogP contribution < -0.4 is 0 Å². The Hall–Kier alpha value is -1.13. The zero-order valence-corrected chi connectivity index (χ0v) is 3.70. The van der Waals surface area contributed by atoms with E-state index in [-0.39, 0.29) is 4.98 Å². The fourth-order valence-corrected chi connectivity index (χ4v) is 0.267. The lowest BCUT2D eigenvalue weighted by Crippen LogP contribution is -1.81. The summed E-state index contributed by atoms with van der Waals surface area (Å²) in [7, 11) is 0. The van der Waals surface area contributed by atoms with Gasteiger partial charge in [0.1, 0.15) is 0 Å². The lowest BCUT2D eigenvalue weighted by molar-refractivity contribution is -0.560. The van der Waals surface area contributed by atoms with Gasteiger partial charge in [-0.25, -0.2) is 0 Å². The smallest absolute Gasteiger partial charge is 0.00899 e. The molecule has 0 fully saturated rings. The Bertz CT molecular complexity index is 157. The van der Waals surface area contributed by atoms with Gasteiger partial charge in [0, 0.05) is 12.0 Å². The molecule has 0 saturated heterocycles. The molecule has 5 heteroatoms. The molecular weight excluding hydrogens is 96.0 g/mol. The Labute approximate surface area is 39.3 Å². The number of amidine groups is 1. The van der Waals surface area contributed by atoms with Gasteiger partial charge in [0.2, 0.25) is 10.2 Å². The Morgan fingerprint density at radius 2 is 2.43 bits per heavy atom. The average Bonchev–Trinajstić information content (AvgIpc) is 1.87. The maximum Gasteiger partial charge on any atom is 0.312 e. The van der Waals surface area contributed by atoms with Crippen molar-refractivity contribution >= 4 is 5.84 Å². The Morgan fingerprint density at radius 1 is 1.71 bits per heavy atom. The molecule has 0 saturated carbocycles. The minimum atomic E-state index is 0.176. The van der Waals surface area contributed by atoms with Gasteiger partial charge < -0.3 is 0 Å². The number of nitrogens with zero attached hydrogens (tertiary/aromatic N) is 4. The molecule has 5 nitrogen and oxygen atoms in total. The highest BCUT2D eigenvalue weighted by atomic mass is 16.4. The summed E-state index contributed by atoms with van der Waals surface area (Å²) in [6, 6.07) is 0. The van der Waals surface area contributed by atoms with E-state index in [0.29, 0.717) is 5.84 Å². The van der Waals surface area contributed by atoms with Crippen molar-refractivity contribution in [3.05, 3.63) is 4.91 Å². The number of rotatable bonds is 0. The summed E-state index contributed by atoms with van der Waals surface area (Å²) in [4.78, 5) is 10.1. The van der Waals surface area contributed by atoms with Gasteiger partial charge in [-0.3, -0.25) is 0 Å². The van der Waals surface area contributed by atoms with Crippen LogP contribution in [0.15, 0.2) is 15.4 Å². The third-order valence-electron chi connectivity index (χ3n) is 0.496. The van der Waals surface area contributed by atoms with Crippen molar-refractivity contribution in [1.82, 2.24) is 0 Å². The van der Waals surface area contributed by atoms with E-state index in [4.69, 9.17) is 0 Å². The van der Waals surface area contributed by atoms with E-state index in [2.05, 4.69) is 15.4 Å². The summed E-state index contributed by atoms with van der Waals surface area (Å²) in [6.45, 7) is 1.60. The second kappa shape index (κ2) is 1.18. The van der Waals surface area contributed by atoms with E-state index in [1.54, 1.807) is 6.92 Å². The predicted octanol–water partition coefficient (Wildman–Crippen LogP) is 0.479. The standard InChI is InChI=1S/C2H3N4O/c1-2-3-5-6(7)4-2/h1H3/q+1. The third kappa shape index (κ3) is 0.648. The van der Waals surface area contributed by atoms with Crippen LogP contribution in [0.25, 0.3) is 0 Å². The van der Waals surface area contributed by atoms with Gasteiger partial charge in [-0.05, 0) is 4.91 Å². The molecule has 0 aromatic carbocycles. The number of hydrazone groups is 1. The number of hydrogen-bond acceptors (Lipinski definition) is 2. The molecule has 0 unspecified atom stereocenters. The summed E-state index contributed by atoms with van der Waals surface area (Å²) >= 11 is 0. The molecule has 36 valence electrons. The van der Waals surface area contributed by atoms with E-state index in [1.165, 1.54) is 0 Å². The molecule has 0 aromatic heterocycles. The molecule has 1 heterocycles. The van der Waals surface area contributed by atoms with Gasteiger partial charge in [0.15, 0.2) is 0 Å². The Morgan fingerprint density at radius 3 is 2.57 bits per heavy atom. The van der Waals surface area contributed by atoms with Gasteiger partial charge in [-0.1, -0.05) is 0 Å². The summed E-state index contributed by atoms with van der Waals surface area (Å²) in [6.07, 6.45) is 0. The molecule has 1 aliphatic rings. The van der Waals surface area contributed by atoms with Crippen LogP contribution in [0, 0.1) is 4.91 Å². The van der Waals surface area contributed by atoms with E-state index in [9.17, 15) is 4.91 Å². The number of nitroso groups, excluding NO2 is 1. The van der Waals surface area contributed by atoms with Gasteiger partial charge in [0.25, 0.3) is 0 Å². The van der Waals surface area contributed by atoms with Crippen molar-refractivity contribution in [2.45, 2.75) is 6.92 Å². The molecular formula is C2H3N4O+. The van der Waals surface area contributed by atoms with Crippen LogP contribution in [0.1, 0.15) is 6.92 Å². The van der Waals surface area contributed by atoms with Crippen molar-refractivity contribution < 1.29 is 4.98 Å². The van der Waals surface area contributed by atoms with Crippen LogP contribution in [0.2, 0.25) is 0 Å². The van der Waals surface area contributed by atoms with Crippen molar-refractivity contribution in [3.8, 4) is 0 Å². The largest absolute Gasteiger partial charge is 0.312 e. The van der Waals surface area contributed by atoms with Crippen molar-refractivity contribution in [2.75, 3.05) is 0 Å². The van der Waals surface area contributed by atoms with E-state index in [0.717, 1.165) is 0 Å². The molecule has 0 aliphatic carbocycles. The Balaban J connectivity index is 2.88. The van der Waals surface area contributed by atoms with Crippen LogP contribution in [0.5, 0.6) is 0 Å². The molecule has 0 radical (unpaired) electrons. The highest BCUT2D eigenvalue weighted by Crippen LogP contribution is 1.92. The van der Waals surface area contributed by atoms with Crippen LogP contribution in [0.4, 0.5) is 0 Å². The van der Waals surface area contributed by atoms with E-state index >= 15 is 0 Å².